The van der Waals surface area contributed by atoms with Crippen molar-refractivity contribution in [2.45, 2.75) is 26.3 Å². The highest BCUT2D eigenvalue weighted by Crippen LogP contribution is 2.15. The Balaban J connectivity index is 1.66. The first-order chi connectivity index (χ1) is 11.1. The molecule has 0 spiro atoms. The summed E-state index contributed by atoms with van der Waals surface area (Å²) in [6, 6.07) is 11.3. The summed E-state index contributed by atoms with van der Waals surface area (Å²) in [7, 11) is 0. The second kappa shape index (κ2) is 6.52. The quantitative estimate of drug-likeness (QED) is 0.761. The van der Waals surface area contributed by atoms with E-state index in [1.807, 2.05) is 31.2 Å². The number of carbonyl (C=O) groups is 1. The van der Waals surface area contributed by atoms with Crippen molar-refractivity contribution < 1.29 is 9.21 Å². The average molecular weight is 310 g/mol. The zero-order valence-electron chi connectivity index (χ0n) is 12.9. The van der Waals surface area contributed by atoms with E-state index in [1.54, 1.807) is 18.4 Å². The van der Waals surface area contributed by atoms with E-state index in [9.17, 15) is 9.59 Å². The van der Waals surface area contributed by atoms with E-state index >= 15 is 0 Å². The Labute approximate surface area is 133 Å². The summed E-state index contributed by atoms with van der Waals surface area (Å²) in [6.07, 6.45) is 2.24. The SMILES string of the molecule is Cc1cccc2cc(CCC(=O)NCc3ccco3)c(=O)[nH]c12. The molecule has 2 aromatic heterocycles. The third-order valence-electron chi connectivity index (χ3n) is 3.83. The number of aromatic amines is 1. The van der Waals surface area contributed by atoms with Gasteiger partial charge >= 0.3 is 0 Å². The molecule has 0 fully saturated rings. The molecule has 5 heteroatoms. The lowest BCUT2D eigenvalue weighted by Gasteiger charge is -2.06. The third kappa shape index (κ3) is 3.51. The van der Waals surface area contributed by atoms with Crippen molar-refractivity contribution in [3.05, 3.63) is 69.9 Å². The molecule has 0 atom stereocenters. The molecule has 0 aliphatic heterocycles. The van der Waals surface area contributed by atoms with Crippen LogP contribution in [0.15, 0.2) is 51.9 Å². The largest absolute Gasteiger partial charge is 0.467 e. The third-order valence-corrected chi connectivity index (χ3v) is 3.83. The molecule has 0 aliphatic rings. The number of pyridine rings is 1. The Morgan fingerprint density at radius 1 is 1.26 bits per heavy atom. The Kier molecular flexibility index (Phi) is 4.28. The van der Waals surface area contributed by atoms with Gasteiger partial charge in [-0.05, 0) is 42.5 Å². The van der Waals surface area contributed by atoms with Crippen molar-refractivity contribution >= 4 is 16.8 Å². The lowest BCUT2D eigenvalue weighted by molar-refractivity contribution is -0.121. The van der Waals surface area contributed by atoms with Crippen LogP contribution < -0.4 is 10.9 Å². The van der Waals surface area contributed by atoms with Crippen LogP contribution in [-0.2, 0) is 17.8 Å². The number of para-hydroxylation sites is 1. The number of benzene rings is 1. The highest BCUT2D eigenvalue weighted by atomic mass is 16.3. The molecule has 2 N–H and O–H groups in total. The fraction of sp³-hybridized carbons (Fsp3) is 0.222. The highest BCUT2D eigenvalue weighted by molar-refractivity contribution is 5.82. The Morgan fingerprint density at radius 2 is 2.13 bits per heavy atom. The molecule has 0 unspecified atom stereocenters. The fourth-order valence-corrected chi connectivity index (χ4v) is 2.55. The van der Waals surface area contributed by atoms with E-state index in [-0.39, 0.29) is 17.9 Å². The Morgan fingerprint density at radius 3 is 2.91 bits per heavy atom. The molecular weight excluding hydrogens is 292 g/mol. The van der Waals surface area contributed by atoms with Gasteiger partial charge in [0.05, 0.1) is 18.3 Å². The first-order valence-electron chi connectivity index (χ1n) is 7.54. The van der Waals surface area contributed by atoms with Crippen LogP contribution in [0.1, 0.15) is 23.3 Å². The number of rotatable bonds is 5. The van der Waals surface area contributed by atoms with E-state index in [1.165, 1.54) is 0 Å². The number of nitrogens with one attached hydrogen (secondary N) is 2. The van der Waals surface area contributed by atoms with Crippen molar-refractivity contribution in [2.24, 2.45) is 0 Å². The van der Waals surface area contributed by atoms with Gasteiger partial charge in [0, 0.05) is 12.0 Å². The first kappa shape index (κ1) is 15.1. The lowest BCUT2D eigenvalue weighted by Crippen LogP contribution is -2.24. The Hall–Kier alpha value is -2.82. The van der Waals surface area contributed by atoms with Gasteiger partial charge in [-0.1, -0.05) is 18.2 Å². The van der Waals surface area contributed by atoms with Gasteiger partial charge in [0.15, 0.2) is 0 Å². The number of amides is 1. The number of aryl methyl sites for hydroxylation is 2. The zero-order chi connectivity index (χ0) is 16.2. The molecule has 23 heavy (non-hydrogen) atoms. The summed E-state index contributed by atoms with van der Waals surface area (Å²) in [4.78, 5) is 26.9. The topological polar surface area (TPSA) is 75.1 Å². The molecule has 1 aromatic carbocycles. The van der Waals surface area contributed by atoms with Crippen LogP contribution in [0.3, 0.4) is 0 Å². The first-order valence-corrected chi connectivity index (χ1v) is 7.54. The summed E-state index contributed by atoms with van der Waals surface area (Å²) in [5.74, 6) is 0.600. The van der Waals surface area contributed by atoms with Gasteiger partial charge < -0.3 is 14.7 Å². The van der Waals surface area contributed by atoms with E-state index in [0.717, 1.165) is 16.5 Å². The van der Waals surface area contributed by atoms with Crippen LogP contribution >= 0.6 is 0 Å². The van der Waals surface area contributed by atoms with Crippen molar-refractivity contribution in [2.75, 3.05) is 0 Å². The lowest BCUT2D eigenvalue weighted by atomic mass is 10.1. The van der Waals surface area contributed by atoms with E-state index in [0.29, 0.717) is 24.3 Å². The van der Waals surface area contributed by atoms with Crippen LogP contribution in [0, 0.1) is 6.92 Å². The molecule has 118 valence electrons. The molecule has 0 radical (unpaired) electrons. The normalized spacial score (nSPS) is 10.8. The fourth-order valence-electron chi connectivity index (χ4n) is 2.55. The molecule has 0 bridgehead atoms. The predicted octanol–water partition coefficient (Wildman–Crippen LogP) is 2.68. The van der Waals surface area contributed by atoms with Gasteiger partial charge in [-0.3, -0.25) is 9.59 Å². The number of H-pyrrole nitrogens is 1. The van der Waals surface area contributed by atoms with Gasteiger partial charge in [0.2, 0.25) is 5.91 Å². The molecular formula is C18H18N2O3. The van der Waals surface area contributed by atoms with Gasteiger partial charge in [-0.2, -0.15) is 0 Å². The van der Waals surface area contributed by atoms with Crippen molar-refractivity contribution in [1.82, 2.24) is 10.3 Å². The molecule has 3 aromatic rings. The molecule has 0 saturated heterocycles. The van der Waals surface area contributed by atoms with Crippen LogP contribution in [-0.4, -0.2) is 10.9 Å². The minimum Gasteiger partial charge on any atom is -0.467 e. The van der Waals surface area contributed by atoms with Crippen LogP contribution in [0.2, 0.25) is 0 Å². The second-order valence-corrected chi connectivity index (χ2v) is 5.52. The smallest absolute Gasteiger partial charge is 0.251 e. The number of aromatic nitrogens is 1. The zero-order valence-corrected chi connectivity index (χ0v) is 12.9. The maximum absolute atomic E-state index is 12.1. The van der Waals surface area contributed by atoms with Gasteiger partial charge in [-0.15, -0.1) is 0 Å². The number of fused-ring (bicyclic) bond motifs is 1. The van der Waals surface area contributed by atoms with E-state index in [2.05, 4.69) is 10.3 Å². The van der Waals surface area contributed by atoms with Crippen LogP contribution in [0.25, 0.3) is 10.9 Å². The molecule has 2 heterocycles. The van der Waals surface area contributed by atoms with Gasteiger partial charge in [-0.25, -0.2) is 0 Å². The van der Waals surface area contributed by atoms with Gasteiger partial charge in [0.25, 0.3) is 5.56 Å². The minimum atomic E-state index is -0.134. The van der Waals surface area contributed by atoms with Crippen molar-refractivity contribution in [3.63, 3.8) is 0 Å². The summed E-state index contributed by atoms with van der Waals surface area (Å²) < 4.78 is 5.16. The summed E-state index contributed by atoms with van der Waals surface area (Å²) >= 11 is 0. The van der Waals surface area contributed by atoms with Crippen LogP contribution in [0.5, 0.6) is 0 Å². The predicted molar refractivity (Wildman–Crippen MR) is 88.2 cm³/mol. The number of furan rings is 1. The van der Waals surface area contributed by atoms with Crippen molar-refractivity contribution in [3.8, 4) is 0 Å². The molecule has 0 saturated carbocycles. The molecule has 1 amide bonds. The number of hydrogen-bond donors (Lipinski definition) is 2. The van der Waals surface area contributed by atoms with E-state index < -0.39 is 0 Å². The molecule has 0 aliphatic carbocycles. The maximum Gasteiger partial charge on any atom is 0.251 e. The number of hydrogen-bond acceptors (Lipinski definition) is 3. The Bertz CT molecular complexity index is 879. The molecule has 3 rings (SSSR count). The second-order valence-electron chi connectivity index (χ2n) is 5.52. The minimum absolute atomic E-state index is 0.106. The summed E-state index contributed by atoms with van der Waals surface area (Å²) in [5, 5.41) is 3.76. The maximum atomic E-state index is 12.1. The van der Waals surface area contributed by atoms with Crippen molar-refractivity contribution in [1.29, 1.82) is 0 Å². The summed E-state index contributed by atoms with van der Waals surface area (Å²) in [5.41, 5.74) is 2.37. The standard InChI is InChI=1S/C18H18N2O3/c1-12-4-2-5-13-10-14(18(22)20-17(12)13)7-8-16(21)19-11-15-6-3-9-23-15/h2-6,9-10H,7-8,11H2,1H3,(H,19,21)(H,20,22). The van der Waals surface area contributed by atoms with Gasteiger partial charge in [0.1, 0.15) is 5.76 Å². The average Bonchev–Trinajstić information content (AvgIpc) is 3.05. The van der Waals surface area contributed by atoms with Crippen LogP contribution in [0.4, 0.5) is 0 Å². The number of carbonyl (C=O) groups excluding carboxylic acids is 1. The monoisotopic (exact) mass is 310 g/mol. The highest BCUT2D eigenvalue weighted by Gasteiger charge is 2.08. The van der Waals surface area contributed by atoms with E-state index in [4.69, 9.17) is 4.42 Å². The summed E-state index contributed by atoms with van der Waals surface area (Å²) in [6.45, 7) is 2.32. The molecule has 5 nitrogen and oxygen atoms in total.